The van der Waals surface area contributed by atoms with Gasteiger partial charge >= 0.3 is 0 Å². The van der Waals surface area contributed by atoms with Gasteiger partial charge in [-0.15, -0.1) is 0 Å². The van der Waals surface area contributed by atoms with Crippen molar-refractivity contribution in [3.63, 3.8) is 0 Å². The molecule has 1 fully saturated rings. The standard InChI is InChI=1S/C21H24N4O3S/c1-15(23-20-17-9-3-5-11-19(17)29(27,28)24-20)21(26)22-14-16-8-2-4-10-18(16)25-12-6-7-13-25/h2-5,8-11,15H,6-7,12-14H2,1H3,(H,22,26)(H,23,24)/t15-/m0/s1. The Balaban J connectivity index is 1.46. The predicted molar refractivity (Wildman–Crippen MR) is 112 cm³/mol. The van der Waals surface area contributed by atoms with E-state index in [9.17, 15) is 13.2 Å². The van der Waals surface area contributed by atoms with Crippen LogP contribution in [0.5, 0.6) is 0 Å². The summed E-state index contributed by atoms with van der Waals surface area (Å²) in [5.41, 5.74) is 2.71. The van der Waals surface area contributed by atoms with Gasteiger partial charge in [0.2, 0.25) is 5.91 Å². The molecule has 0 bridgehead atoms. The molecule has 2 aromatic rings. The summed E-state index contributed by atoms with van der Waals surface area (Å²) < 4.78 is 26.8. The minimum Gasteiger partial charge on any atom is -0.371 e. The average Bonchev–Trinajstić information content (AvgIpc) is 3.34. The van der Waals surface area contributed by atoms with Crippen LogP contribution >= 0.6 is 0 Å². The lowest BCUT2D eigenvalue weighted by atomic mass is 10.1. The Morgan fingerprint density at radius 1 is 1.14 bits per heavy atom. The van der Waals surface area contributed by atoms with E-state index in [1.807, 2.05) is 18.2 Å². The molecule has 0 radical (unpaired) electrons. The molecule has 1 atom stereocenters. The highest BCUT2D eigenvalue weighted by atomic mass is 32.2. The maximum Gasteiger partial charge on any atom is 0.263 e. The first-order valence-corrected chi connectivity index (χ1v) is 11.2. The fourth-order valence-corrected chi connectivity index (χ4v) is 4.98. The van der Waals surface area contributed by atoms with Crippen LogP contribution in [0.1, 0.15) is 30.9 Å². The molecule has 2 N–H and O–H groups in total. The lowest BCUT2D eigenvalue weighted by Gasteiger charge is -2.21. The zero-order chi connectivity index (χ0) is 20.4. The van der Waals surface area contributed by atoms with Crippen LogP contribution < -0.4 is 14.9 Å². The van der Waals surface area contributed by atoms with Gasteiger partial charge in [0.15, 0.2) is 0 Å². The molecule has 2 heterocycles. The van der Waals surface area contributed by atoms with E-state index in [-0.39, 0.29) is 16.6 Å². The Morgan fingerprint density at radius 2 is 1.83 bits per heavy atom. The molecular weight excluding hydrogens is 388 g/mol. The maximum atomic E-state index is 12.6. The summed E-state index contributed by atoms with van der Waals surface area (Å²) in [5.74, 6) is -0.0435. The van der Waals surface area contributed by atoms with Crippen LogP contribution in [0.25, 0.3) is 0 Å². The number of fused-ring (bicyclic) bond motifs is 1. The second kappa shape index (κ2) is 7.87. The lowest BCUT2D eigenvalue weighted by Crippen LogP contribution is -2.34. The number of aliphatic imine (C=N–C) groups is 1. The number of nitrogens with one attached hydrogen (secondary N) is 2. The predicted octanol–water partition coefficient (Wildman–Crippen LogP) is 2.03. The number of rotatable bonds is 5. The molecule has 7 nitrogen and oxygen atoms in total. The molecule has 8 heteroatoms. The van der Waals surface area contributed by atoms with E-state index in [0.717, 1.165) is 24.3 Å². The van der Waals surface area contributed by atoms with Crippen molar-refractivity contribution >= 4 is 27.5 Å². The van der Waals surface area contributed by atoms with Gasteiger partial charge < -0.3 is 10.2 Å². The van der Waals surface area contributed by atoms with Crippen LogP contribution in [0.15, 0.2) is 58.4 Å². The number of hydrogen-bond donors (Lipinski definition) is 2. The normalized spacial score (nSPS) is 19.6. The first-order valence-electron chi connectivity index (χ1n) is 9.76. The molecule has 1 amide bonds. The third-order valence-corrected chi connectivity index (χ3v) is 6.65. The Morgan fingerprint density at radius 3 is 2.62 bits per heavy atom. The third-order valence-electron chi connectivity index (χ3n) is 5.26. The molecular formula is C21H24N4O3S. The number of anilines is 1. The van der Waals surface area contributed by atoms with Crippen LogP contribution in [0.4, 0.5) is 5.69 Å². The summed E-state index contributed by atoms with van der Waals surface area (Å²) in [6.45, 7) is 4.14. The van der Waals surface area contributed by atoms with E-state index < -0.39 is 16.1 Å². The average molecular weight is 413 g/mol. The zero-order valence-electron chi connectivity index (χ0n) is 16.3. The summed E-state index contributed by atoms with van der Waals surface area (Å²) >= 11 is 0. The van der Waals surface area contributed by atoms with Crippen molar-refractivity contribution in [1.29, 1.82) is 0 Å². The number of amidine groups is 1. The van der Waals surface area contributed by atoms with Crippen molar-refractivity contribution in [2.75, 3.05) is 18.0 Å². The summed E-state index contributed by atoms with van der Waals surface area (Å²) in [6, 6.07) is 14.0. The highest BCUT2D eigenvalue weighted by Gasteiger charge is 2.31. The highest BCUT2D eigenvalue weighted by Crippen LogP contribution is 2.25. The fourth-order valence-electron chi connectivity index (χ4n) is 3.74. The van der Waals surface area contributed by atoms with Crippen molar-refractivity contribution < 1.29 is 13.2 Å². The summed E-state index contributed by atoms with van der Waals surface area (Å²) in [7, 11) is -3.61. The van der Waals surface area contributed by atoms with Gasteiger partial charge in [0.1, 0.15) is 11.9 Å². The Hall–Kier alpha value is -2.87. The van der Waals surface area contributed by atoms with Gasteiger partial charge in [-0.3, -0.25) is 14.5 Å². The summed E-state index contributed by atoms with van der Waals surface area (Å²) in [4.78, 5) is 19.5. The van der Waals surface area contributed by atoms with Crippen molar-refractivity contribution in [3.8, 4) is 0 Å². The van der Waals surface area contributed by atoms with Crippen molar-refractivity contribution in [1.82, 2.24) is 10.0 Å². The van der Waals surface area contributed by atoms with E-state index in [0.29, 0.717) is 12.1 Å². The van der Waals surface area contributed by atoms with E-state index in [4.69, 9.17) is 0 Å². The molecule has 4 rings (SSSR count). The number of para-hydroxylation sites is 1. The molecule has 152 valence electrons. The van der Waals surface area contributed by atoms with Gasteiger partial charge in [0, 0.05) is 30.9 Å². The summed E-state index contributed by atoms with van der Waals surface area (Å²) in [5, 5.41) is 2.93. The monoisotopic (exact) mass is 412 g/mol. The number of hydrogen-bond acceptors (Lipinski definition) is 5. The quantitative estimate of drug-likeness (QED) is 0.786. The molecule has 1 saturated heterocycles. The Labute approximate surface area is 170 Å². The minimum atomic E-state index is -3.61. The van der Waals surface area contributed by atoms with E-state index in [2.05, 4.69) is 26.0 Å². The third kappa shape index (κ3) is 3.98. The van der Waals surface area contributed by atoms with Crippen LogP contribution in [0.2, 0.25) is 0 Å². The number of carbonyl (C=O) groups excluding carboxylic acids is 1. The number of nitrogens with zero attached hydrogens (tertiary/aromatic N) is 2. The highest BCUT2D eigenvalue weighted by molar-refractivity contribution is 7.90. The van der Waals surface area contributed by atoms with Gasteiger partial charge in [-0.2, -0.15) is 0 Å². The van der Waals surface area contributed by atoms with Gasteiger partial charge in [-0.25, -0.2) is 8.42 Å². The molecule has 2 aliphatic heterocycles. The Kier molecular flexibility index (Phi) is 5.27. The maximum absolute atomic E-state index is 12.6. The number of carbonyl (C=O) groups is 1. The SMILES string of the molecule is C[C@H](N=C1NS(=O)(=O)c2ccccc21)C(=O)NCc1ccccc1N1CCCC1. The van der Waals surface area contributed by atoms with Gasteiger partial charge in [0.05, 0.1) is 4.90 Å². The fraction of sp³-hybridized carbons (Fsp3) is 0.333. The molecule has 0 aliphatic carbocycles. The van der Waals surface area contributed by atoms with Crippen molar-refractivity contribution in [2.24, 2.45) is 4.99 Å². The zero-order valence-corrected chi connectivity index (χ0v) is 17.1. The second-order valence-electron chi connectivity index (χ2n) is 7.30. The van der Waals surface area contributed by atoms with Gasteiger partial charge in [-0.1, -0.05) is 30.3 Å². The first-order chi connectivity index (χ1) is 14.0. The van der Waals surface area contributed by atoms with Crippen molar-refractivity contribution in [3.05, 3.63) is 59.7 Å². The smallest absolute Gasteiger partial charge is 0.263 e. The summed E-state index contributed by atoms with van der Waals surface area (Å²) in [6.07, 6.45) is 2.37. The Bertz CT molecular complexity index is 1060. The van der Waals surface area contributed by atoms with E-state index in [1.54, 1.807) is 25.1 Å². The number of sulfonamides is 1. The van der Waals surface area contributed by atoms with Crippen LogP contribution in [-0.4, -0.2) is 39.3 Å². The number of amides is 1. The largest absolute Gasteiger partial charge is 0.371 e. The van der Waals surface area contributed by atoms with Gasteiger partial charge in [-0.05, 0) is 43.5 Å². The van der Waals surface area contributed by atoms with E-state index in [1.165, 1.54) is 18.9 Å². The molecule has 0 spiro atoms. The van der Waals surface area contributed by atoms with E-state index >= 15 is 0 Å². The van der Waals surface area contributed by atoms with Crippen molar-refractivity contribution in [2.45, 2.75) is 37.2 Å². The lowest BCUT2D eigenvalue weighted by molar-refractivity contribution is -0.122. The molecule has 2 aliphatic rings. The van der Waals surface area contributed by atoms with Crippen LogP contribution in [-0.2, 0) is 21.4 Å². The second-order valence-corrected chi connectivity index (χ2v) is 8.95. The van der Waals surface area contributed by atoms with Crippen LogP contribution in [0, 0.1) is 0 Å². The molecule has 2 aromatic carbocycles. The first kappa shape index (κ1) is 19.4. The van der Waals surface area contributed by atoms with Gasteiger partial charge in [0.25, 0.3) is 10.0 Å². The minimum absolute atomic E-state index is 0.186. The molecule has 0 aromatic heterocycles. The molecule has 0 saturated carbocycles. The molecule has 29 heavy (non-hydrogen) atoms. The number of benzene rings is 2. The molecule has 0 unspecified atom stereocenters. The topological polar surface area (TPSA) is 90.9 Å². The van der Waals surface area contributed by atoms with Crippen LogP contribution in [0.3, 0.4) is 0 Å².